The average Bonchev–Trinajstić information content (AvgIpc) is 3.34. The first kappa shape index (κ1) is 65.9. The number of likely N-dealkylation sites (N-methyl/N-ethyl adjacent to an activating group) is 1. The number of rotatable bonds is 46. The minimum atomic E-state index is -1.65. The van der Waals surface area contributed by atoms with Crippen molar-refractivity contribution >= 4 is 17.9 Å². The van der Waals surface area contributed by atoms with Crippen molar-refractivity contribution in [2.75, 3.05) is 47.5 Å². The van der Waals surface area contributed by atoms with Crippen LogP contribution in [0, 0.1) is 0 Å². The number of allylic oxidation sites excluding steroid dienone is 26. The van der Waals surface area contributed by atoms with Crippen LogP contribution in [-0.4, -0.2) is 82.3 Å². The second-order valence-electron chi connectivity index (χ2n) is 18.0. The average molecular weight is 982 g/mol. The van der Waals surface area contributed by atoms with Crippen LogP contribution in [0.15, 0.2) is 158 Å². The lowest BCUT2D eigenvalue weighted by molar-refractivity contribution is -0.870. The number of carbonyl (C=O) groups is 3. The summed E-state index contributed by atoms with van der Waals surface area (Å²) in [6.07, 6.45) is 72.9. The number of esters is 2. The Morgan fingerprint density at radius 1 is 0.423 bits per heavy atom. The van der Waals surface area contributed by atoms with E-state index in [9.17, 15) is 19.5 Å². The Kier molecular flexibility index (Phi) is 47.6. The van der Waals surface area contributed by atoms with E-state index in [1.165, 1.54) is 0 Å². The first-order valence-corrected chi connectivity index (χ1v) is 26.6. The van der Waals surface area contributed by atoms with Gasteiger partial charge in [0.1, 0.15) is 13.2 Å². The third-order valence-electron chi connectivity index (χ3n) is 10.3. The van der Waals surface area contributed by atoms with Crippen LogP contribution in [0.25, 0.3) is 0 Å². The molecular formula is C62H95NO8. The Bertz CT molecular complexity index is 1710. The summed E-state index contributed by atoms with van der Waals surface area (Å²) in [5, 5.41) is 11.7. The van der Waals surface area contributed by atoms with Gasteiger partial charge in [0.25, 0.3) is 0 Å². The molecule has 9 heteroatoms. The van der Waals surface area contributed by atoms with Crippen LogP contribution in [0.1, 0.15) is 155 Å². The monoisotopic (exact) mass is 982 g/mol. The third-order valence-corrected chi connectivity index (χ3v) is 10.3. The van der Waals surface area contributed by atoms with Crippen molar-refractivity contribution in [3.8, 4) is 0 Å². The molecule has 2 atom stereocenters. The molecule has 0 aliphatic heterocycles. The van der Waals surface area contributed by atoms with Crippen molar-refractivity contribution in [1.82, 2.24) is 0 Å². The molecule has 0 rings (SSSR count). The molecule has 0 aromatic carbocycles. The van der Waals surface area contributed by atoms with Gasteiger partial charge >= 0.3 is 11.9 Å². The van der Waals surface area contributed by atoms with Crippen molar-refractivity contribution in [1.29, 1.82) is 0 Å². The molecule has 0 bridgehead atoms. The number of carboxylic acid groups (broad SMARTS) is 1. The van der Waals surface area contributed by atoms with Crippen LogP contribution in [0.5, 0.6) is 0 Å². The summed E-state index contributed by atoms with van der Waals surface area (Å²) in [7, 11) is 5.87. The predicted molar refractivity (Wildman–Crippen MR) is 296 cm³/mol. The van der Waals surface area contributed by atoms with E-state index >= 15 is 0 Å². The standard InChI is InChI=1S/C62H95NO8/c1-6-8-10-12-14-16-18-20-22-23-24-25-26-27-28-29-30-31-32-33-34-35-36-37-39-41-43-45-47-49-51-53-60(65)71-58(57-70-62(61(66)67)68-55-54-63(3,4)5)56-69-59(64)52-50-48-46-44-42-40-38-21-19-17-15-13-11-9-7-2/h8-11,14-17,20-22,24-25,27-28,30-31,33-34,36-38,41-44,58,62H,6-7,12-13,18-19,23,26,29,32,35,39-40,45-57H2,1-5H3/b10-8-,11-9-,16-14-,17-15-,22-20-,25-24-,28-27-,31-30-,34-33-,37-36-,38-21-,43-41-,44-42-. The van der Waals surface area contributed by atoms with Gasteiger partial charge < -0.3 is 33.3 Å². The number of unbranched alkanes of at least 4 members (excludes halogenated alkanes) is 5. The van der Waals surface area contributed by atoms with Crippen molar-refractivity contribution in [3.63, 3.8) is 0 Å². The van der Waals surface area contributed by atoms with E-state index in [0.717, 1.165) is 116 Å². The number of nitrogens with zero attached hydrogens (tertiary/aromatic N) is 1. The van der Waals surface area contributed by atoms with E-state index in [-0.39, 0.29) is 32.7 Å². The summed E-state index contributed by atoms with van der Waals surface area (Å²) >= 11 is 0. The maximum absolute atomic E-state index is 12.8. The van der Waals surface area contributed by atoms with E-state index in [1.54, 1.807) is 0 Å². The van der Waals surface area contributed by atoms with E-state index < -0.39 is 30.3 Å². The largest absolute Gasteiger partial charge is 0.545 e. The zero-order valence-electron chi connectivity index (χ0n) is 44.8. The van der Waals surface area contributed by atoms with E-state index in [2.05, 4.69) is 172 Å². The fraction of sp³-hybridized carbons (Fsp3) is 0.532. The second kappa shape index (κ2) is 51.3. The Hall–Kier alpha value is -5.09. The van der Waals surface area contributed by atoms with E-state index in [4.69, 9.17) is 18.9 Å². The highest BCUT2D eigenvalue weighted by Gasteiger charge is 2.21. The number of aliphatic carboxylic acids is 1. The van der Waals surface area contributed by atoms with Gasteiger partial charge in [-0.1, -0.05) is 178 Å². The Labute approximate surface area is 432 Å². The van der Waals surface area contributed by atoms with Gasteiger partial charge in [-0.3, -0.25) is 9.59 Å². The van der Waals surface area contributed by atoms with Gasteiger partial charge in [0.2, 0.25) is 0 Å². The molecule has 0 aromatic rings. The maximum Gasteiger partial charge on any atom is 0.306 e. The highest BCUT2D eigenvalue weighted by molar-refractivity contribution is 5.70. The van der Waals surface area contributed by atoms with Gasteiger partial charge in [0.15, 0.2) is 12.4 Å². The van der Waals surface area contributed by atoms with Crippen LogP contribution in [0.2, 0.25) is 0 Å². The number of carbonyl (C=O) groups excluding carboxylic acids is 3. The summed E-state index contributed by atoms with van der Waals surface area (Å²) in [5.41, 5.74) is 0. The molecule has 0 N–H and O–H groups in total. The van der Waals surface area contributed by atoms with Crippen LogP contribution in [0.3, 0.4) is 0 Å². The lowest BCUT2D eigenvalue weighted by Gasteiger charge is -2.26. The highest BCUT2D eigenvalue weighted by Crippen LogP contribution is 2.10. The Morgan fingerprint density at radius 2 is 0.761 bits per heavy atom. The first-order valence-electron chi connectivity index (χ1n) is 26.6. The molecule has 0 aliphatic carbocycles. The first-order chi connectivity index (χ1) is 34.6. The predicted octanol–water partition coefficient (Wildman–Crippen LogP) is 14.1. The van der Waals surface area contributed by atoms with Crippen LogP contribution in [0.4, 0.5) is 0 Å². The topological polar surface area (TPSA) is 111 Å². The van der Waals surface area contributed by atoms with Crippen molar-refractivity contribution in [2.24, 2.45) is 0 Å². The van der Waals surface area contributed by atoms with Gasteiger partial charge in [-0.2, -0.15) is 0 Å². The lowest BCUT2D eigenvalue weighted by Crippen LogP contribution is -2.44. The summed E-state index contributed by atoms with van der Waals surface area (Å²) < 4.78 is 22.5. The molecule has 0 aliphatic rings. The van der Waals surface area contributed by atoms with Crippen molar-refractivity contribution in [3.05, 3.63) is 158 Å². The molecule has 71 heavy (non-hydrogen) atoms. The van der Waals surface area contributed by atoms with Crippen molar-refractivity contribution in [2.45, 2.75) is 167 Å². The smallest absolute Gasteiger partial charge is 0.306 e. The van der Waals surface area contributed by atoms with Gasteiger partial charge in [-0.25, -0.2) is 0 Å². The molecule has 0 saturated heterocycles. The minimum absolute atomic E-state index is 0.124. The van der Waals surface area contributed by atoms with Crippen LogP contribution in [-0.2, 0) is 33.3 Å². The summed E-state index contributed by atoms with van der Waals surface area (Å²) in [4.78, 5) is 37.1. The van der Waals surface area contributed by atoms with Crippen LogP contribution < -0.4 is 5.11 Å². The zero-order valence-corrected chi connectivity index (χ0v) is 44.8. The number of hydrogen-bond acceptors (Lipinski definition) is 8. The van der Waals surface area contributed by atoms with Gasteiger partial charge in [-0.15, -0.1) is 0 Å². The molecule has 0 amide bonds. The molecule has 0 fully saturated rings. The second-order valence-corrected chi connectivity index (χ2v) is 18.0. The normalized spacial score (nSPS) is 14.1. The van der Waals surface area contributed by atoms with E-state index in [0.29, 0.717) is 23.9 Å². The van der Waals surface area contributed by atoms with E-state index in [1.807, 2.05) is 21.1 Å². The molecule has 0 radical (unpaired) electrons. The molecule has 2 unspecified atom stereocenters. The van der Waals surface area contributed by atoms with Gasteiger partial charge in [-0.05, 0) is 122 Å². The molecular weight excluding hydrogens is 887 g/mol. The summed E-state index contributed by atoms with van der Waals surface area (Å²) in [6.45, 7) is 4.38. The third kappa shape index (κ3) is 52.6. The summed E-state index contributed by atoms with van der Waals surface area (Å²) in [5.74, 6) is -2.41. The molecule has 396 valence electrons. The van der Waals surface area contributed by atoms with Crippen molar-refractivity contribution < 1.29 is 42.9 Å². The Morgan fingerprint density at radius 3 is 1.13 bits per heavy atom. The molecule has 9 nitrogen and oxygen atoms in total. The number of quaternary nitrogens is 1. The highest BCUT2D eigenvalue weighted by atomic mass is 16.7. The zero-order chi connectivity index (χ0) is 52.0. The number of carboxylic acids is 1. The van der Waals surface area contributed by atoms with Crippen LogP contribution >= 0.6 is 0 Å². The molecule has 0 heterocycles. The lowest BCUT2D eigenvalue weighted by atomic mass is 10.1. The molecule has 0 aromatic heterocycles. The fourth-order valence-electron chi connectivity index (χ4n) is 6.22. The SMILES string of the molecule is CC/C=C\C/C=C\C/C=C\C/C=C\C/C=C\C/C=C\C/C=C\C/C=C\C/C=C\CCCCCC(=O)OC(COC(=O)CCCC/C=C\C/C=C\C/C=C\C/C=C\CC)COC(OCC[N+](C)(C)C)C(=O)[O-]. The maximum atomic E-state index is 12.8. The number of ether oxygens (including phenoxy) is 4. The Balaban J connectivity index is 4.44. The molecule has 0 spiro atoms. The summed E-state index contributed by atoms with van der Waals surface area (Å²) in [6, 6.07) is 0. The number of hydrogen-bond donors (Lipinski definition) is 0. The quantitative estimate of drug-likeness (QED) is 0.0195. The van der Waals surface area contributed by atoms with Gasteiger partial charge in [0, 0.05) is 12.8 Å². The van der Waals surface area contributed by atoms with Gasteiger partial charge in [0.05, 0.1) is 40.3 Å². The fourth-order valence-corrected chi connectivity index (χ4v) is 6.22. The molecule has 0 saturated carbocycles. The minimum Gasteiger partial charge on any atom is -0.545 e.